The fourth-order valence-corrected chi connectivity index (χ4v) is 5.04. The molecular weight excluding hydrogens is 576 g/mol. The van der Waals surface area contributed by atoms with Crippen molar-refractivity contribution in [3.8, 4) is 17.2 Å². The number of nitrogens with zero attached hydrogens (tertiary/aromatic N) is 3. The number of fused-ring (bicyclic) bond motifs is 1. The van der Waals surface area contributed by atoms with Gasteiger partial charge in [-0.25, -0.2) is 9.37 Å². The first-order valence-corrected chi connectivity index (χ1v) is 14.1. The van der Waals surface area contributed by atoms with Crippen LogP contribution in [0.5, 0.6) is 17.2 Å². The Kier molecular flexibility index (Phi) is 9.91. The molecule has 2 heterocycles. The number of carbonyl (C=O) groups is 1. The molecule has 0 aliphatic heterocycles. The highest BCUT2D eigenvalue weighted by Crippen LogP contribution is 2.49. The molecule has 0 fully saturated rings. The van der Waals surface area contributed by atoms with Crippen LogP contribution in [0, 0.1) is 5.82 Å². The third-order valence-corrected chi connectivity index (χ3v) is 7.50. The Morgan fingerprint density at radius 2 is 1.79 bits per heavy atom. The maximum Gasteiger partial charge on any atom is 0.356 e. The first kappa shape index (κ1) is 30.7. The van der Waals surface area contributed by atoms with E-state index in [1.165, 1.54) is 62.6 Å². The molecule has 2 aromatic carbocycles. The van der Waals surface area contributed by atoms with Crippen LogP contribution >= 0.6 is 7.60 Å². The quantitative estimate of drug-likeness (QED) is 0.115. The van der Waals surface area contributed by atoms with Crippen molar-refractivity contribution in [1.82, 2.24) is 19.5 Å². The van der Waals surface area contributed by atoms with Gasteiger partial charge in [0.25, 0.3) is 5.56 Å². The Hall–Kier alpha value is -4.30. The average molecular weight is 606 g/mol. The maximum absolute atomic E-state index is 14.2. The van der Waals surface area contributed by atoms with Crippen LogP contribution in [0.4, 0.5) is 10.3 Å². The number of nitrogens with two attached hydrogens (primary N) is 1. The molecule has 42 heavy (non-hydrogen) atoms. The lowest BCUT2D eigenvalue weighted by molar-refractivity contribution is 0.0855. The molecule has 0 saturated carbocycles. The molecule has 14 nitrogen and oxygen atoms in total. The van der Waals surface area contributed by atoms with Crippen molar-refractivity contribution in [3.05, 3.63) is 70.0 Å². The van der Waals surface area contributed by atoms with E-state index < -0.39 is 37.7 Å². The molecule has 2 aromatic heterocycles. The van der Waals surface area contributed by atoms with E-state index >= 15 is 0 Å². The topological polar surface area (TPSA) is 179 Å². The van der Waals surface area contributed by atoms with Crippen molar-refractivity contribution >= 4 is 30.5 Å². The number of anilines is 1. The second-order valence-corrected chi connectivity index (χ2v) is 10.7. The van der Waals surface area contributed by atoms with E-state index in [0.29, 0.717) is 17.1 Å². The molecule has 0 spiro atoms. The van der Waals surface area contributed by atoms with Crippen molar-refractivity contribution in [2.75, 3.05) is 46.6 Å². The van der Waals surface area contributed by atoms with Gasteiger partial charge in [0.2, 0.25) is 5.95 Å². The highest BCUT2D eigenvalue weighted by molar-refractivity contribution is 7.53. The summed E-state index contributed by atoms with van der Waals surface area (Å²) in [6.45, 7) is -0.756. The molecular formula is C26H29FN5O9P. The SMILES string of the molecule is COc1ccc(COP(=O)(COCCn2cnc3c(=O)[nH]c(N)nc32)OCC(=O)c2ccc(OC)c(OC)c2)cc1F. The Morgan fingerprint density at radius 3 is 2.50 bits per heavy atom. The van der Waals surface area contributed by atoms with E-state index in [9.17, 15) is 18.5 Å². The molecule has 1 unspecified atom stereocenters. The van der Waals surface area contributed by atoms with Crippen LogP contribution in [-0.2, 0) is 31.5 Å². The zero-order chi connectivity index (χ0) is 30.3. The summed E-state index contributed by atoms with van der Waals surface area (Å²) >= 11 is 0. The van der Waals surface area contributed by atoms with E-state index in [1.54, 1.807) is 6.07 Å². The lowest BCUT2D eigenvalue weighted by Gasteiger charge is -2.19. The van der Waals surface area contributed by atoms with Gasteiger partial charge in [-0.15, -0.1) is 0 Å². The summed E-state index contributed by atoms with van der Waals surface area (Å²) in [7, 11) is 0.161. The number of Topliss-reactive ketones (excluding diaryl/α,β-unsaturated/α-hetero) is 1. The largest absolute Gasteiger partial charge is 0.494 e. The number of imidazole rings is 1. The van der Waals surface area contributed by atoms with Gasteiger partial charge in [0.15, 0.2) is 40.0 Å². The van der Waals surface area contributed by atoms with Crippen LogP contribution in [0.3, 0.4) is 0 Å². The van der Waals surface area contributed by atoms with E-state index in [4.69, 9.17) is 33.7 Å². The number of nitrogen functional groups attached to an aromatic ring is 1. The minimum absolute atomic E-state index is 0.0165. The second-order valence-electron chi connectivity index (χ2n) is 8.72. The van der Waals surface area contributed by atoms with Crippen LogP contribution < -0.4 is 25.5 Å². The molecule has 3 N–H and O–H groups in total. The maximum atomic E-state index is 14.2. The summed E-state index contributed by atoms with van der Waals surface area (Å²) < 4.78 is 61.3. The van der Waals surface area contributed by atoms with Crippen molar-refractivity contribution in [2.24, 2.45) is 0 Å². The van der Waals surface area contributed by atoms with Crippen LogP contribution in [0.15, 0.2) is 47.5 Å². The predicted molar refractivity (Wildman–Crippen MR) is 149 cm³/mol. The van der Waals surface area contributed by atoms with Gasteiger partial charge in [0.05, 0.1) is 40.9 Å². The molecule has 0 saturated heterocycles. The van der Waals surface area contributed by atoms with Gasteiger partial charge in [-0.1, -0.05) is 6.07 Å². The third kappa shape index (κ3) is 7.31. The van der Waals surface area contributed by atoms with Crippen molar-refractivity contribution < 1.29 is 41.7 Å². The number of H-pyrrole nitrogens is 1. The number of benzene rings is 2. The molecule has 0 bridgehead atoms. The first-order valence-electron chi connectivity index (χ1n) is 12.4. The molecule has 4 aromatic rings. The number of rotatable bonds is 15. The Labute approximate surface area is 239 Å². The zero-order valence-electron chi connectivity index (χ0n) is 23.0. The monoisotopic (exact) mass is 605 g/mol. The fraction of sp³-hybridized carbons (Fsp3) is 0.308. The molecule has 16 heteroatoms. The second kappa shape index (κ2) is 13.6. The molecule has 0 amide bonds. The Balaban J connectivity index is 1.44. The van der Waals surface area contributed by atoms with Crippen molar-refractivity contribution in [1.29, 1.82) is 0 Å². The number of hydrogen-bond acceptors (Lipinski definition) is 12. The molecule has 4 rings (SSSR count). The van der Waals surface area contributed by atoms with E-state index in [2.05, 4.69) is 15.0 Å². The van der Waals surface area contributed by atoms with Crippen LogP contribution in [0.2, 0.25) is 0 Å². The summed E-state index contributed by atoms with van der Waals surface area (Å²) in [5.41, 5.74) is 6.06. The minimum Gasteiger partial charge on any atom is -0.494 e. The van der Waals surface area contributed by atoms with Gasteiger partial charge in [-0.3, -0.25) is 23.7 Å². The number of nitrogens with one attached hydrogen (secondary N) is 1. The lowest BCUT2D eigenvalue weighted by atomic mass is 10.1. The number of aromatic amines is 1. The van der Waals surface area contributed by atoms with Crippen molar-refractivity contribution in [2.45, 2.75) is 13.2 Å². The molecule has 0 radical (unpaired) electrons. The summed E-state index contributed by atoms with van der Waals surface area (Å²) in [4.78, 5) is 35.3. The Morgan fingerprint density at radius 1 is 1.05 bits per heavy atom. The lowest BCUT2D eigenvalue weighted by Crippen LogP contribution is -2.14. The van der Waals surface area contributed by atoms with Gasteiger partial charge >= 0.3 is 7.60 Å². The summed E-state index contributed by atoms with van der Waals surface area (Å²) in [6, 6.07) is 8.64. The van der Waals surface area contributed by atoms with Crippen LogP contribution in [0.25, 0.3) is 11.2 Å². The van der Waals surface area contributed by atoms with Crippen LogP contribution in [-0.4, -0.2) is 66.2 Å². The number of ether oxygens (including phenoxy) is 4. The number of carbonyl (C=O) groups excluding carboxylic acids is 1. The third-order valence-electron chi connectivity index (χ3n) is 5.96. The normalized spacial score (nSPS) is 12.7. The van der Waals surface area contributed by atoms with Gasteiger partial charge in [0, 0.05) is 12.1 Å². The summed E-state index contributed by atoms with van der Waals surface area (Å²) in [6.07, 6.45) is 0.857. The molecule has 0 aliphatic rings. The molecule has 224 valence electrons. The summed E-state index contributed by atoms with van der Waals surface area (Å²) in [5.74, 6) is -0.415. The van der Waals surface area contributed by atoms with E-state index in [0.717, 1.165) is 0 Å². The number of hydrogen-bond donors (Lipinski definition) is 2. The van der Waals surface area contributed by atoms with Crippen LogP contribution in [0.1, 0.15) is 15.9 Å². The molecule has 0 aliphatic carbocycles. The van der Waals surface area contributed by atoms with Crippen molar-refractivity contribution in [3.63, 3.8) is 0 Å². The molecule has 1 atom stereocenters. The highest BCUT2D eigenvalue weighted by Gasteiger charge is 2.28. The smallest absolute Gasteiger partial charge is 0.356 e. The number of ketones is 1. The summed E-state index contributed by atoms with van der Waals surface area (Å²) in [5, 5.41) is 0. The van der Waals surface area contributed by atoms with Gasteiger partial charge in [-0.2, -0.15) is 4.98 Å². The number of aromatic nitrogens is 4. The van der Waals surface area contributed by atoms with Gasteiger partial charge < -0.3 is 33.8 Å². The number of halogens is 1. The fourth-order valence-electron chi connectivity index (χ4n) is 3.81. The zero-order valence-corrected chi connectivity index (χ0v) is 23.9. The number of methoxy groups -OCH3 is 3. The van der Waals surface area contributed by atoms with E-state index in [1.807, 2.05) is 0 Å². The first-order chi connectivity index (χ1) is 20.2. The standard InChI is InChI=1S/C26H29FN5O9P/c1-36-20-6-4-16(10-18(20)27)12-40-42(35,41-13-19(33)17-5-7-21(37-2)22(11-17)38-3)15-39-9-8-32-14-29-23-24(32)30-26(28)31-25(23)34/h4-7,10-11,14H,8-9,12-13,15H2,1-3H3,(H3,28,30,31,34). The average Bonchev–Trinajstić information content (AvgIpc) is 3.39. The van der Waals surface area contributed by atoms with Gasteiger partial charge in [0.1, 0.15) is 13.0 Å². The van der Waals surface area contributed by atoms with E-state index in [-0.39, 0.29) is 48.2 Å². The predicted octanol–water partition coefficient (Wildman–Crippen LogP) is 3.15. The minimum atomic E-state index is -4.07. The van der Waals surface area contributed by atoms with Gasteiger partial charge in [-0.05, 0) is 35.9 Å². The Bertz CT molecular complexity index is 1680. The highest BCUT2D eigenvalue weighted by atomic mass is 31.2.